The van der Waals surface area contributed by atoms with E-state index >= 15 is 0 Å². The number of aliphatic hydroxyl groups is 2. The van der Waals surface area contributed by atoms with E-state index in [0.29, 0.717) is 25.9 Å². The summed E-state index contributed by atoms with van der Waals surface area (Å²) in [4.78, 5) is 24.6. The van der Waals surface area contributed by atoms with E-state index in [9.17, 15) is 19.8 Å². The summed E-state index contributed by atoms with van der Waals surface area (Å²) in [5.41, 5.74) is 0. The Labute approximate surface area is 540 Å². The molecule has 6 heteroatoms. The van der Waals surface area contributed by atoms with Gasteiger partial charge in [0.1, 0.15) is 0 Å². The zero-order valence-corrected chi connectivity index (χ0v) is 59.1. The van der Waals surface area contributed by atoms with E-state index in [1.165, 1.54) is 405 Å². The lowest BCUT2D eigenvalue weighted by atomic mass is 10.0. The second-order valence-corrected chi connectivity index (χ2v) is 28.1. The molecule has 0 saturated heterocycles. The van der Waals surface area contributed by atoms with Gasteiger partial charge in [-0.15, -0.1) is 0 Å². The standard InChI is InChI=1S/C80H159NO5/c1-3-5-7-9-11-13-15-17-18-19-20-21-37-40-43-46-49-52-56-60-64-68-72-78(83)77(76-82)81-79(84)73-69-65-61-57-53-50-47-44-41-38-35-33-31-29-27-25-23-22-24-26-28-30-32-34-36-39-42-45-48-51-55-59-63-67-71-75-86-80(85)74-70-66-62-58-54-16-14-12-10-8-6-4-2/h77-78,82-83H,3-76H2,1-2H3,(H,81,84). The first-order chi connectivity index (χ1) is 42.5. The third-order valence-corrected chi connectivity index (χ3v) is 19.4. The minimum Gasteiger partial charge on any atom is -0.466 e. The van der Waals surface area contributed by atoms with E-state index in [-0.39, 0.29) is 18.5 Å². The van der Waals surface area contributed by atoms with Gasteiger partial charge in [0.05, 0.1) is 25.4 Å². The molecule has 0 aliphatic rings. The molecule has 514 valence electrons. The predicted molar refractivity (Wildman–Crippen MR) is 380 cm³/mol. The maximum Gasteiger partial charge on any atom is 0.305 e. The molecule has 0 bridgehead atoms. The van der Waals surface area contributed by atoms with Gasteiger partial charge in [-0.1, -0.05) is 438 Å². The molecule has 6 nitrogen and oxygen atoms in total. The van der Waals surface area contributed by atoms with Crippen molar-refractivity contribution in [3.8, 4) is 0 Å². The number of carbonyl (C=O) groups excluding carboxylic acids is 2. The van der Waals surface area contributed by atoms with Crippen LogP contribution in [0.3, 0.4) is 0 Å². The van der Waals surface area contributed by atoms with Crippen molar-refractivity contribution >= 4 is 11.9 Å². The minimum absolute atomic E-state index is 0.0233. The van der Waals surface area contributed by atoms with Crippen LogP contribution in [0.1, 0.15) is 476 Å². The lowest BCUT2D eigenvalue weighted by molar-refractivity contribution is -0.143. The first-order valence-electron chi connectivity index (χ1n) is 40.3. The van der Waals surface area contributed by atoms with Crippen LogP contribution in [0.2, 0.25) is 0 Å². The molecule has 0 radical (unpaired) electrons. The Bertz CT molecular complexity index is 1260. The van der Waals surface area contributed by atoms with Gasteiger partial charge in [0.25, 0.3) is 0 Å². The summed E-state index contributed by atoms with van der Waals surface area (Å²) in [5.74, 6) is 0.00138. The van der Waals surface area contributed by atoms with Crippen molar-refractivity contribution < 1.29 is 24.5 Å². The predicted octanol–water partition coefficient (Wildman–Crippen LogP) is 26.5. The zero-order valence-electron chi connectivity index (χ0n) is 59.1. The van der Waals surface area contributed by atoms with E-state index in [0.717, 1.165) is 38.5 Å². The number of hydrogen-bond donors (Lipinski definition) is 3. The third-order valence-electron chi connectivity index (χ3n) is 19.4. The van der Waals surface area contributed by atoms with Gasteiger partial charge in [-0.25, -0.2) is 0 Å². The molecular weight excluding hydrogens is 1050 g/mol. The topological polar surface area (TPSA) is 95.9 Å². The third kappa shape index (κ3) is 71.9. The van der Waals surface area contributed by atoms with Crippen LogP contribution in [-0.4, -0.2) is 47.4 Å². The van der Waals surface area contributed by atoms with Crippen LogP contribution in [0.4, 0.5) is 0 Å². The molecule has 3 N–H and O–H groups in total. The van der Waals surface area contributed by atoms with Crippen LogP contribution < -0.4 is 5.32 Å². The van der Waals surface area contributed by atoms with Gasteiger partial charge in [-0.05, 0) is 25.7 Å². The molecule has 0 spiro atoms. The summed E-state index contributed by atoms with van der Waals surface area (Å²) in [6, 6.07) is -0.537. The minimum atomic E-state index is -0.661. The number of aliphatic hydroxyl groups excluding tert-OH is 2. The van der Waals surface area contributed by atoms with Crippen molar-refractivity contribution in [2.75, 3.05) is 13.2 Å². The number of unbranched alkanes of at least 4 members (excludes halogenated alkanes) is 66. The summed E-state index contributed by atoms with van der Waals surface area (Å²) in [6.45, 7) is 5.02. The Balaban J connectivity index is 3.31. The lowest BCUT2D eigenvalue weighted by Crippen LogP contribution is -2.45. The van der Waals surface area contributed by atoms with Gasteiger partial charge >= 0.3 is 5.97 Å². The maximum atomic E-state index is 12.6. The van der Waals surface area contributed by atoms with Crippen molar-refractivity contribution in [2.45, 2.75) is 488 Å². The van der Waals surface area contributed by atoms with Crippen molar-refractivity contribution in [1.82, 2.24) is 5.32 Å². The second kappa shape index (κ2) is 76.3. The SMILES string of the molecule is CCCCCCCCCCCCCCCCCCCCCCCCC(O)C(CO)NC(=O)CCCCCCCCCCCCCCCCCCCCCCCCCCCCCCCCCCCCCOC(=O)CCCCCCCCCCCCCC. The number of esters is 1. The van der Waals surface area contributed by atoms with E-state index in [4.69, 9.17) is 4.74 Å². The lowest BCUT2D eigenvalue weighted by Gasteiger charge is -2.22. The van der Waals surface area contributed by atoms with Crippen molar-refractivity contribution in [1.29, 1.82) is 0 Å². The van der Waals surface area contributed by atoms with E-state index in [1.807, 2.05) is 0 Å². The highest BCUT2D eigenvalue weighted by Crippen LogP contribution is 2.21. The van der Waals surface area contributed by atoms with Crippen LogP contribution in [0, 0.1) is 0 Å². The van der Waals surface area contributed by atoms with Gasteiger partial charge in [0, 0.05) is 12.8 Å². The molecule has 0 aromatic rings. The molecule has 2 atom stereocenters. The monoisotopic (exact) mass is 1210 g/mol. The molecule has 2 unspecified atom stereocenters. The van der Waals surface area contributed by atoms with Gasteiger partial charge in [0.2, 0.25) is 5.91 Å². The van der Waals surface area contributed by atoms with Crippen LogP contribution in [0.5, 0.6) is 0 Å². The molecule has 0 heterocycles. The van der Waals surface area contributed by atoms with Crippen LogP contribution in [0.25, 0.3) is 0 Å². The molecule has 0 aliphatic carbocycles. The molecule has 0 aromatic carbocycles. The Kier molecular flexibility index (Phi) is 75.3. The number of nitrogens with one attached hydrogen (secondary N) is 1. The first-order valence-corrected chi connectivity index (χ1v) is 40.3. The summed E-state index contributed by atoms with van der Waals surface area (Å²) in [5, 5.41) is 23.5. The summed E-state index contributed by atoms with van der Waals surface area (Å²) in [6.07, 6.45) is 94.9. The molecule has 86 heavy (non-hydrogen) atoms. The molecule has 0 aliphatic heterocycles. The quantitative estimate of drug-likeness (QED) is 0.0417. The molecule has 0 saturated carbocycles. The van der Waals surface area contributed by atoms with Gasteiger partial charge < -0.3 is 20.3 Å². The fraction of sp³-hybridized carbons (Fsp3) is 0.975. The smallest absolute Gasteiger partial charge is 0.305 e. The van der Waals surface area contributed by atoms with Crippen molar-refractivity contribution in [3.63, 3.8) is 0 Å². The highest BCUT2D eigenvalue weighted by molar-refractivity contribution is 5.76. The van der Waals surface area contributed by atoms with Crippen LogP contribution >= 0.6 is 0 Å². The summed E-state index contributed by atoms with van der Waals surface area (Å²) < 4.78 is 5.49. The molecule has 0 fully saturated rings. The summed E-state index contributed by atoms with van der Waals surface area (Å²) in [7, 11) is 0. The molecule has 0 aromatic heterocycles. The zero-order chi connectivity index (χ0) is 62.0. The maximum absolute atomic E-state index is 12.6. The van der Waals surface area contributed by atoms with E-state index in [2.05, 4.69) is 19.2 Å². The van der Waals surface area contributed by atoms with Gasteiger partial charge in [-0.3, -0.25) is 9.59 Å². The fourth-order valence-corrected chi connectivity index (χ4v) is 13.3. The Morgan fingerprint density at radius 1 is 0.279 bits per heavy atom. The normalized spacial score (nSPS) is 12.4. The number of carbonyl (C=O) groups is 2. The highest BCUT2D eigenvalue weighted by atomic mass is 16.5. The second-order valence-electron chi connectivity index (χ2n) is 28.1. The first kappa shape index (κ1) is 84.9. The Morgan fingerprint density at radius 3 is 0.709 bits per heavy atom. The average Bonchev–Trinajstić information content (AvgIpc) is 3.59. The Morgan fingerprint density at radius 2 is 0.477 bits per heavy atom. The number of hydrogen-bond acceptors (Lipinski definition) is 5. The number of amides is 1. The molecular formula is C80H159NO5. The summed E-state index contributed by atoms with van der Waals surface area (Å²) >= 11 is 0. The van der Waals surface area contributed by atoms with Gasteiger partial charge in [0.15, 0.2) is 0 Å². The highest BCUT2D eigenvalue weighted by Gasteiger charge is 2.20. The van der Waals surface area contributed by atoms with Crippen molar-refractivity contribution in [2.24, 2.45) is 0 Å². The number of rotatable bonds is 77. The Hall–Kier alpha value is -1.14. The van der Waals surface area contributed by atoms with E-state index in [1.54, 1.807) is 0 Å². The van der Waals surface area contributed by atoms with Gasteiger partial charge in [-0.2, -0.15) is 0 Å². The molecule has 1 amide bonds. The molecule has 0 rings (SSSR count). The van der Waals surface area contributed by atoms with E-state index < -0.39 is 12.1 Å². The van der Waals surface area contributed by atoms with Crippen molar-refractivity contribution in [3.05, 3.63) is 0 Å². The van der Waals surface area contributed by atoms with Crippen LogP contribution in [0.15, 0.2) is 0 Å². The average molecular weight is 1220 g/mol. The largest absolute Gasteiger partial charge is 0.466 e. The van der Waals surface area contributed by atoms with Crippen LogP contribution in [-0.2, 0) is 14.3 Å². The number of ether oxygens (including phenoxy) is 1. The fourth-order valence-electron chi connectivity index (χ4n) is 13.3.